The number of hydrogen-bond acceptors (Lipinski definition) is 3. The lowest BCUT2D eigenvalue weighted by Crippen LogP contribution is -2.28. The van der Waals surface area contributed by atoms with Gasteiger partial charge in [-0.3, -0.25) is 4.79 Å². The second-order valence-corrected chi connectivity index (χ2v) is 5.79. The van der Waals surface area contributed by atoms with Gasteiger partial charge in [0.2, 0.25) is 0 Å². The van der Waals surface area contributed by atoms with E-state index in [4.69, 9.17) is 16.3 Å². The van der Waals surface area contributed by atoms with Crippen LogP contribution in [-0.4, -0.2) is 25.6 Å². The number of halogens is 1. The Hall–Kier alpha value is -2.20. The van der Waals surface area contributed by atoms with Crippen molar-refractivity contribution in [2.75, 3.05) is 24.6 Å². The molecule has 128 valence electrons. The molecule has 0 spiro atoms. The monoisotopic (exact) mass is 346 g/mol. The van der Waals surface area contributed by atoms with E-state index in [1.165, 1.54) is 5.69 Å². The minimum atomic E-state index is -0.155. The number of rotatable bonds is 8. The highest BCUT2D eigenvalue weighted by Crippen LogP contribution is 2.16. The fourth-order valence-corrected chi connectivity index (χ4v) is 2.47. The number of ether oxygens (including phenoxy) is 1. The molecule has 0 fully saturated rings. The van der Waals surface area contributed by atoms with Gasteiger partial charge in [0.05, 0.1) is 0 Å². The number of hydrogen-bond donors (Lipinski definition) is 1. The maximum absolute atomic E-state index is 11.9. The van der Waals surface area contributed by atoms with E-state index >= 15 is 0 Å². The fraction of sp³-hybridized carbons (Fsp3) is 0.316. The normalized spacial score (nSPS) is 10.3. The lowest BCUT2D eigenvalue weighted by atomic mass is 10.2. The summed E-state index contributed by atoms with van der Waals surface area (Å²) in [6.07, 6.45) is 0. The van der Waals surface area contributed by atoms with Crippen LogP contribution in [0.5, 0.6) is 5.75 Å². The summed E-state index contributed by atoms with van der Waals surface area (Å²) >= 11 is 5.80. The zero-order valence-electron chi connectivity index (χ0n) is 14.1. The van der Waals surface area contributed by atoms with Crippen molar-refractivity contribution in [2.45, 2.75) is 20.4 Å². The van der Waals surface area contributed by atoms with E-state index in [-0.39, 0.29) is 12.5 Å². The Morgan fingerprint density at radius 3 is 2.25 bits per heavy atom. The summed E-state index contributed by atoms with van der Waals surface area (Å²) in [5.74, 6) is 0.468. The standard InChI is InChI=1S/C19H23ClN2O2/c1-3-22(4-2)17-9-5-15(6-10-17)13-21-19(23)14-24-18-11-7-16(20)8-12-18/h5-12H,3-4,13-14H2,1-2H3,(H,21,23). The molecule has 1 amide bonds. The molecule has 4 nitrogen and oxygen atoms in total. The third-order valence-corrected chi connectivity index (χ3v) is 3.99. The summed E-state index contributed by atoms with van der Waals surface area (Å²) in [6, 6.07) is 15.2. The predicted molar refractivity (Wildman–Crippen MR) is 98.8 cm³/mol. The van der Waals surface area contributed by atoms with Crippen LogP contribution in [0.25, 0.3) is 0 Å². The topological polar surface area (TPSA) is 41.6 Å². The smallest absolute Gasteiger partial charge is 0.258 e. The van der Waals surface area contributed by atoms with Crippen molar-refractivity contribution in [3.05, 3.63) is 59.1 Å². The molecule has 0 saturated heterocycles. The van der Waals surface area contributed by atoms with Crippen LogP contribution < -0.4 is 15.0 Å². The number of amides is 1. The zero-order valence-corrected chi connectivity index (χ0v) is 14.8. The van der Waals surface area contributed by atoms with Gasteiger partial charge in [-0.1, -0.05) is 23.7 Å². The van der Waals surface area contributed by atoms with E-state index in [1.54, 1.807) is 24.3 Å². The molecule has 2 rings (SSSR count). The van der Waals surface area contributed by atoms with Gasteiger partial charge in [-0.2, -0.15) is 0 Å². The molecular weight excluding hydrogens is 324 g/mol. The molecule has 2 aromatic rings. The van der Waals surface area contributed by atoms with Crippen molar-refractivity contribution in [1.82, 2.24) is 5.32 Å². The first-order valence-corrected chi connectivity index (χ1v) is 8.49. The third kappa shape index (κ3) is 5.46. The maximum atomic E-state index is 11.9. The van der Waals surface area contributed by atoms with E-state index in [1.807, 2.05) is 12.1 Å². The van der Waals surface area contributed by atoms with Crippen molar-refractivity contribution in [3.8, 4) is 5.75 Å². The highest BCUT2D eigenvalue weighted by atomic mass is 35.5. The Kier molecular flexibility index (Phi) is 6.94. The molecule has 5 heteroatoms. The molecule has 2 aromatic carbocycles. The fourth-order valence-electron chi connectivity index (χ4n) is 2.34. The van der Waals surface area contributed by atoms with Crippen molar-refractivity contribution >= 4 is 23.2 Å². The highest BCUT2D eigenvalue weighted by molar-refractivity contribution is 6.30. The van der Waals surface area contributed by atoms with Crippen LogP contribution in [0.2, 0.25) is 5.02 Å². The number of carbonyl (C=O) groups excluding carboxylic acids is 1. The highest BCUT2D eigenvalue weighted by Gasteiger charge is 2.04. The maximum Gasteiger partial charge on any atom is 0.258 e. The van der Waals surface area contributed by atoms with Crippen LogP contribution in [0.4, 0.5) is 5.69 Å². The van der Waals surface area contributed by atoms with Gasteiger partial charge in [0.15, 0.2) is 6.61 Å². The van der Waals surface area contributed by atoms with E-state index in [2.05, 4.69) is 36.2 Å². The molecule has 0 atom stereocenters. The Bertz CT molecular complexity index is 637. The Morgan fingerprint density at radius 1 is 1.04 bits per heavy atom. The minimum Gasteiger partial charge on any atom is -0.484 e. The molecule has 0 aliphatic heterocycles. The minimum absolute atomic E-state index is 0.0147. The summed E-state index contributed by atoms with van der Waals surface area (Å²) in [4.78, 5) is 14.1. The number of benzene rings is 2. The van der Waals surface area contributed by atoms with E-state index in [0.29, 0.717) is 17.3 Å². The van der Waals surface area contributed by atoms with Crippen molar-refractivity contribution in [3.63, 3.8) is 0 Å². The summed E-state index contributed by atoms with van der Waals surface area (Å²) < 4.78 is 5.41. The average Bonchev–Trinajstić information content (AvgIpc) is 2.61. The number of nitrogens with zero attached hydrogens (tertiary/aromatic N) is 1. The second kappa shape index (κ2) is 9.18. The molecule has 0 unspecified atom stereocenters. The Balaban J connectivity index is 1.78. The van der Waals surface area contributed by atoms with Crippen LogP contribution in [-0.2, 0) is 11.3 Å². The van der Waals surface area contributed by atoms with Gasteiger partial charge in [-0.05, 0) is 55.8 Å². The van der Waals surface area contributed by atoms with Gasteiger partial charge < -0.3 is 15.0 Å². The molecule has 0 aliphatic carbocycles. The molecule has 0 bridgehead atoms. The lowest BCUT2D eigenvalue weighted by Gasteiger charge is -2.21. The second-order valence-electron chi connectivity index (χ2n) is 5.36. The van der Waals surface area contributed by atoms with Crippen LogP contribution in [0.15, 0.2) is 48.5 Å². The Labute approximate surface area is 148 Å². The van der Waals surface area contributed by atoms with E-state index in [9.17, 15) is 4.79 Å². The summed E-state index contributed by atoms with van der Waals surface area (Å²) in [5, 5.41) is 3.49. The van der Waals surface area contributed by atoms with Gasteiger partial charge >= 0.3 is 0 Å². The summed E-state index contributed by atoms with van der Waals surface area (Å²) in [5.41, 5.74) is 2.26. The quantitative estimate of drug-likeness (QED) is 0.788. The first kappa shape index (κ1) is 18.1. The van der Waals surface area contributed by atoms with E-state index in [0.717, 1.165) is 18.7 Å². The van der Waals surface area contributed by atoms with Crippen LogP contribution in [0, 0.1) is 0 Å². The summed E-state index contributed by atoms with van der Waals surface area (Å²) in [6.45, 7) is 6.71. The molecule has 1 N–H and O–H groups in total. The molecule has 0 heterocycles. The molecule has 24 heavy (non-hydrogen) atoms. The SMILES string of the molecule is CCN(CC)c1ccc(CNC(=O)COc2ccc(Cl)cc2)cc1. The van der Waals surface area contributed by atoms with Gasteiger partial charge in [0.1, 0.15) is 5.75 Å². The van der Waals surface area contributed by atoms with Crippen LogP contribution in [0.3, 0.4) is 0 Å². The van der Waals surface area contributed by atoms with E-state index < -0.39 is 0 Å². The molecule has 0 saturated carbocycles. The molecule has 0 aromatic heterocycles. The van der Waals surface area contributed by atoms with Crippen LogP contribution in [0.1, 0.15) is 19.4 Å². The first-order chi connectivity index (χ1) is 11.6. The van der Waals surface area contributed by atoms with Gasteiger partial charge in [0, 0.05) is 30.3 Å². The van der Waals surface area contributed by atoms with Gasteiger partial charge in [-0.15, -0.1) is 0 Å². The lowest BCUT2D eigenvalue weighted by molar-refractivity contribution is -0.123. The molecular formula is C19H23ClN2O2. The van der Waals surface area contributed by atoms with Crippen molar-refractivity contribution in [1.29, 1.82) is 0 Å². The third-order valence-electron chi connectivity index (χ3n) is 3.74. The number of carbonyl (C=O) groups is 1. The molecule has 0 aliphatic rings. The van der Waals surface area contributed by atoms with Crippen molar-refractivity contribution < 1.29 is 9.53 Å². The van der Waals surface area contributed by atoms with Crippen LogP contribution >= 0.6 is 11.6 Å². The molecule has 0 radical (unpaired) electrons. The number of anilines is 1. The predicted octanol–water partition coefficient (Wildman–Crippen LogP) is 3.88. The Morgan fingerprint density at radius 2 is 1.67 bits per heavy atom. The van der Waals surface area contributed by atoms with Gasteiger partial charge in [-0.25, -0.2) is 0 Å². The zero-order chi connectivity index (χ0) is 17.4. The van der Waals surface area contributed by atoms with Gasteiger partial charge in [0.25, 0.3) is 5.91 Å². The first-order valence-electron chi connectivity index (χ1n) is 8.11. The average molecular weight is 347 g/mol. The largest absolute Gasteiger partial charge is 0.484 e. The summed E-state index contributed by atoms with van der Waals surface area (Å²) in [7, 11) is 0. The van der Waals surface area contributed by atoms with Crippen molar-refractivity contribution in [2.24, 2.45) is 0 Å². The number of nitrogens with one attached hydrogen (secondary N) is 1.